The van der Waals surface area contributed by atoms with Crippen molar-refractivity contribution in [3.8, 4) is 23.0 Å². The van der Waals surface area contributed by atoms with Crippen LogP contribution in [0.15, 0.2) is 66.2 Å². The van der Waals surface area contributed by atoms with Gasteiger partial charge in [-0.25, -0.2) is 0 Å². The Morgan fingerprint density at radius 2 is 1.63 bits per heavy atom. The fourth-order valence-corrected chi connectivity index (χ4v) is 4.58. The number of methoxy groups -OCH3 is 2. The predicted octanol–water partition coefficient (Wildman–Crippen LogP) is 4.78. The quantitative estimate of drug-likeness (QED) is 0.239. The zero-order valence-electron chi connectivity index (χ0n) is 21.9. The number of aliphatic hydroxyl groups excluding tert-OH is 1. The molecule has 0 aliphatic carbocycles. The number of rotatable bonds is 9. The molecule has 1 saturated heterocycles. The number of aryl methyl sites for hydroxylation is 1. The SMILES string of the molecule is CCOc1cc(C2/C(=C(/O)c3ccc(C)cc3)C(=O)C(=O)N2CCc2ccc(OC)c(OC)c2)ccc1O. The van der Waals surface area contributed by atoms with Gasteiger partial charge < -0.3 is 29.3 Å². The van der Waals surface area contributed by atoms with Crippen LogP contribution in [0.2, 0.25) is 0 Å². The molecule has 198 valence electrons. The Morgan fingerprint density at radius 3 is 2.29 bits per heavy atom. The summed E-state index contributed by atoms with van der Waals surface area (Å²) in [5.41, 5.74) is 2.82. The number of carbonyl (C=O) groups excluding carboxylic acids is 2. The number of aliphatic hydroxyl groups is 1. The summed E-state index contributed by atoms with van der Waals surface area (Å²) < 4.78 is 16.3. The lowest BCUT2D eigenvalue weighted by Crippen LogP contribution is -2.31. The van der Waals surface area contributed by atoms with Gasteiger partial charge in [0.2, 0.25) is 0 Å². The summed E-state index contributed by atoms with van der Waals surface area (Å²) in [6, 6.07) is 16.3. The van der Waals surface area contributed by atoms with Crippen molar-refractivity contribution in [1.82, 2.24) is 4.90 Å². The lowest BCUT2D eigenvalue weighted by Gasteiger charge is -2.26. The van der Waals surface area contributed by atoms with Crippen molar-refractivity contribution in [2.24, 2.45) is 0 Å². The highest BCUT2D eigenvalue weighted by atomic mass is 16.5. The van der Waals surface area contributed by atoms with Gasteiger partial charge in [0.15, 0.2) is 23.0 Å². The fraction of sp³-hybridized carbons (Fsp3) is 0.267. The minimum absolute atomic E-state index is 0.0145. The number of ketones is 1. The topological polar surface area (TPSA) is 106 Å². The van der Waals surface area contributed by atoms with Gasteiger partial charge in [0.25, 0.3) is 11.7 Å². The molecular formula is C30H31NO7. The van der Waals surface area contributed by atoms with Crippen molar-refractivity contribution in [2.45, 2.75) is 26.3 Å². The summed E-state index contributed by atoms with van der Waals surface area (Å²) in [7, 11) is 3.10. The lowest BCUT2D eigenvalue weighted by molar-refractivity contribution is -0.139. The number of phenols is 1. The van der Waals surface area contributed by atoms with Gasteiger partial charge in [-0.05, 0) is 55.7 Å². The Balaban J connectivity index is 1.78. The molecule has 1 heterocycles. The van der Waals surface area contributed by atoms with Crippen LogP contribution >= 0.6 is 0 Å². The Bertz CT molecular complexity index is 1380. The molecule has 0 spiro atoms. The third kappa shape index (κ3) is 5.16. The van der Waals surface area contributed by atoms with Gasteiger partial charge in [0.05, 0.1) is 32.4 Å². The summed E-state index contributed by atoms with van der Waals surface area (Å²) in [6.45, 7) is 4.22. The second-order valence-corrected chi connectivity index (χ2v) is 8.96. The highest BCUT2D eigenvalue weighted by Gasteiger charge is 2.46. The first-order valence-corrected chi connectivity index (χ1v) is 12.3. The van der Waals surface area contributed by atoms with Crippen LogP contribution in [0.4, 0.5) is 0 Å². The minimum atomic E-state index is -0.878. The number of benzene rings is 3. The molecule has 1 atom stereocenters. The molecule has 2 N–H and O–H groups in total. The summed E-state index contributed by atoms with van der Waals surface area (Å²) in [6.07, 6.45) is 0.421. The summed E-state index contributed by atoms with van der Waals surface area (Å²) in [5, 5.41) is 21.5. The number of hydrogen-bond acceptors (Lipinski definition) is 7. The molecule has 0 saturated carbocycles. The maximum Gasteiger partial charge on any atom is 0.295 e. The van der Waals surface area contributed by atoms with E-state index >= 15 is 0 Å². The summed E-state index contributed by atoms with van der Waals surface area (Å²) in [5.74, 6) is -0.429. The van der Waals surface area contributed by atoms with Crippen molar-refractivity contribution in [3.05, 3.63) is 88.5 Å². The number of amides is 1. The maximum absolute atomic E-state index is 13.3. The summed E-state index contributed by atoms with van der Waals surface area (Å²) in [4.78, 5) is 28.1. The van der Waals surface area contributed by atoms with Gasteiger partial charge in [0, 0.05) is 12.1 Å². The van der Waals surface area contributed by atoms with Crippen LogP contribution < -0.4 is 14.2 Å². The minimum Gasteiger partial charge on any atom is -0.507 e. The number of carbonyl (C=O) groups is 2. The molecular weight excluding hydrogens is 486 g/mol. The number of hydrogen-bond donors (Lipinski definition) is 2. The molecule has 3 aromatic carbocycles. The molecule has 3 aromatic rings. The van der Waals surface area contributed by atoms with Crippen LogP contribution in [0, 0.1) is 6.92 Å². The standard InChI is InChI=1S/C30H31NO7/c1-5-38-24-17-21(11-12-22(24)32)27-26(28(33)20-9-6-18(2)7-10-20)29(34)30(35)31(27)15-14-19-8-13-23(36-3)25(16-19)37-4/h6-13,16-17,27,32-33H,5,14-15H2,1-4H3/b28-26-. The van der Waals surface area contributed by atoms with Crippen molar-refractivity contribution >= 4 is 17.4 Å². The van der Waals surface area contributed by atoms with Gasteiger partial charge in [0.1, 0.15) is 5.76 Å². The molecule has 0 radical (unpaired) electrons. The number of phenolic OH excluding ortho intramolecular Hbond substituents is 1. The van der Waals surface area contributed by atoms with Crippen molar-refractivity contribution in [1.29, 1.82) is 0 Å². The van der Waals surface area contributed by atoms with E-state index in [9.17, 15) is 19.8 Å². The van der Waals surface area contributed by atoms with Gasteiger partial charge in [-0.2, -0.15) is 0 Å². The van der Waals surface area contributed by atoms with Crippen molar-refractivity contribution < 1.29 is 34.0 Å². The Morgan fingerprint density at radius 1 is 0.921 bits per heavy atom. The highest BCUT2D eigenvalue weighted by Crippen LogP contribution is 2.42. The predicted molar refractivity (Wildman–Crippen MR) is 143 cm³/mol. The number of Topliss-reactive ketones (excluding diaryl/α,β-unsaturated/α-hetero) is 1. The first-order chi connectivity index (χ1) is 18.3. The smallest absolute Gasteiger partial charge is 0.295 e. The van der Waals surface area contributed by atoms with E-state index in [0.717, 1.165) is 11.1 Å². The number of ether oxygens (including phenoxy) is 3. The van der Waals surface area contributed by atoms with Crippen LogP contribution in [0.3, 0.4) is 0 Å². The van der Waals surface area contributed by atoms with Gasteiger partial charge in [-0.15, -0.1) is 0 Å². The van der Waals surface area contributed by atoms with Crippen LogP contribution in [0.1, 0.15) is 35.2 Å². The molecule has 1 unspecified atom stereocenters. The normalized spacial score (nSPS) is 16.5. The monoisotopic (exact) mass is 517 g/mol. The van der Waals surface area contributed by atoms with E-state index in [0.29, 0.717) is 35.7 Å². The maximum atomic E-state index is 13.3. The van der Waals surface area contributed by atoms with E-state index in [1.54, 1.807) is 51.5 Å². The van der Waals surface area contributed by atoms with Crippen LogP contribution in [-0.4, -0.2) is 54.2 Å². The molecule has 0 aromatic heterocycles. The molecule has 1 aliphatic rings. The van der Waals surface area contributed by atoms with E-state index < -0.39 is 17.7 Å². The third-order valence-electron chi connectivity index (χ3n) is 6.55. The second-order valence-electron chi connectivity index (χ2n) is 8.96. The fourth-order valence-electron chi connectivity index (χ4n) is 4.58. The Labute approximate surface area is 221 Å². The molecule has 1 amide bonds. The van der Waals surface area contributed by atoms with Crippen molar-refractivity contribution in [3.63, 3.8) is 0 Å². The Kier molecular flexibility index (Phi) is 7.90. The average molecular weight is 518 g/mol. The third-order valence-corrected chi connectivity index (χ3v) is 6.55. The summed E-state index contributed by atoms with van der Waals surface area (Å²) >= 11 is 0. The van der Waals surface area contributed by atoms with E-state index in [-0.39, 0.29) is 29.4 Å². The first-order valence-electron chi connectivity index (χ1n) is 12.3. The molecule has 8 heteroatoms. The number of nitrogens with zero attached hydrogens (tertiary/aromatic N) is 1. The molecule has 4 rings (SSSR count). The van der Waals surface area contributed by atoms with Gasteiger partial charge >= 0.3 is 0 Å². The highest BCUT2D eigenvalue weighted by molar-refractivity contribution is 6.46. The molecule has 8 nitrogen and oxygen atoms in total. The first kappa shape index (κ1) is 26.6. The van der Waals surface area contributed by atoms with Crippen LogP contribution in [0.25, 0.3) is 5.76 Å². The molecule has 1 aliphatic heterocycles. The van der Waals surface area contributed by atoms with Crippen LogP contribution in [-0.2, 0) is 16.0 Å². The number of aromatic hydroxyl groups is 1. The number of likely N-dealkylation sites (tertiary alicyclic amines) is 1. The zero-order chi connectivity index (χ0) is 27.4. The second kappa shape index (κ2) is 11.3. The largest absolute Gasteiger partial charge is 0.507 e. The van der Waals surface area contributed by atoms with E-state index in [1.807, 2.05) is 31.2 Å². The Hall–Kier alpha value is -4.46. The molecule has 0 bridgehead atoms. The van der Waals surface area contributed by atoms with E-state index in [2.05, 4.69) is 0 Å². The van der Waals surface area contributed by atoms with Gasteiger partial charge in [-0.1, -0.05) is 42.0 Å². The lowest BCUT2D eigenvalue weighted by atomic mass is 9.94. The zero-order valence-corrected chi connectivity index (χ0v) is 21.9. The van der Waals surface area contributed by atoms with E-state index in [4.69, 9.17) is 14.2 Å². The molecule has 38 heavy (non-hydrogen) atoms. The van der Waals surface area contributed by atoms with Crippen molar-refractivity contribution in [2.75, 3.05) is 27.4 Å². The van der Waals surface area contributed by atoms with Gasteiger partial charge in [-0.3, -0.25) is 9.59 Å². The van der Waals surface area contributed by atoms with E-state index in [1.165, 1.54) is 11.0 Å². The van der Waals surface area contributed by atoms with Crippen LogP contribution in [0.5, 0.6) is 23.0 Å². The molecule has 1 fully saturated rings. The average Bonchev–Trinajstić information content (AvgIpc) is 3.18.